The van der Waals surface area contributed by atoms with Crippen LogP contribution in [0.5, 0.6) is 0 Å². The molecule has 1 aromatic rings. The molecule has 1 aromatic heterocycles. The summed E-state index contributed by atoms with van der Waals surface area (Å²) in [6.45, 7) is 6.07. The van der Waals surface area contributed by atoms with E-state index in [-0.39, 0.29) is 5.41 Å². The molecular formula is C16H20OS. The second kappa shape index (κ2) is 5.66. The first-order valence-corrected chi connectivity index (χ1v) is 7.67. The summed E-state index contributed by atoms with van der Waals surface area (Å²) in [4.78, 5) is 0. The minimum Gasteiger partial charge on any atom is -0.461 e. The third-order valence-electron chi connectivity index (χ3n) is 3.19. The number of thioether (sulfide) groups is 1. The van der Waals surface area contributed by atoms with E-state index in [2.05, 4.69) is 50.1 Å². The first-order valence-electron chi connectivity index (χ1n) is 6.28. The number of fused-ring (bicyclic) bond motifs is 1. The lowest BCUT2D eigenvalue weighted by Gasteiger charge is -2.18. The maximum Gasteiger partial charge on any atom is 0.133 e. The Kier molecular flexibility index (Phi) is 4.18. The highest BCUT2D eigenvalue weighted by Crippen LogP contribution is 2.26. The van der Waals surface area contributed by atoms with Crippen LogP contribution in [0.2, 0.25) is 0 Å². The highest BCUT2D eigenvalue weighted by Gasteiger charge is 2.17. The monoisotopic (exact) mass is 260 g/mol. The van der Waals surface area contributed by atoms with Crippen molar-refractivity contribution in [3.63, 3.8) is 0 Å². The van der Waals surface area contributed by atoms with Crippen molar-refractivity contribution in [2.24, 2.45) is 5.41 Å². The standard InChI is InChI=1S/C16H20OS/c1-4-8-16(2)9-5-6-15-13(12-16)11-14(17-15)7-10-18-3/h4-6,9,11-12H,1,7-8,10H2,2-3H3. The largest absolute Gasteiger partial charge is 0.461 e. The van der Waals surface area contributed by atoms with Crippen LogP contribution in [0.25, 0.3) is 12.2 Å². The molecule has 2 rings (SSSR count). The van der Waals surface area contributed by atoms with Gasteiger partial charge in [-0.25, -0.2) is 0 Å². The molecule has 2 heteroatoms. The predicted molar refractivity (Wildman–Crippen MR) is 81.0 cm³/mol. The molecule has 0 N–H and O–H groups in total. The summed E-state index contributed by atoms with van der Waals surface area (Å²) in [7, 11) is 0. The first kappa shape index (κ1) is 13.3. The minimum absolute atomic E-state index is 0.0458. The number of allylic oxidation sites excluding steroid dienone is 3. The average molecular weight is 260 g/mol. The van der Waals surface area contributed by atoms with Gasteiger partial charge in [0.05, 0.1) is 0 Å². The molecule has 0 fully saturated rings. The Morgan fingerprint density at radius 1 is 1.50 bits per heavy atom. The van der Waals surface area contributed by atoms with E-state index in [9.17, 15) is 0 Å². The minimum atomic E-state index is 0.0458. The van der Waals surface area contributed by atoms with Crippen LogP contribution in [-0.2, 0) is 6.42 Å². The molecule has 0 spiro atoms. The Hall–Kier alpha value is -1.15. The van der Waals surface area contributed by atoms with Crippen LogP contribution in [0.1, 0.15) is 19.1 Å². The summed E-state index contributed by atoms with van der Waals surface area (Å²) in [6, 6.07) is 2.18. The van der Waals surface area contributed by atoms with Crippen LogP contribution in [0, 0.1) is 5.41 Å². The van der Waals surface area contributed by atoms with Gasteiger partial charge in [-0.3, -0.25) is 0 Å². The van der Waals surface area contributed by atoms with E-state index < -0.39 is 0 Å². The van der Waals surface area contributed by atoms with Gasteiger partial charge in [0.25, 0.3) is 0 Å². The third kappa shape index (κ3) is 2.99. The van der Waals surface area contributed by atoms with Crippen LogP contribution in [0.15, 0.2) is 35.3 Å². The Balaban J connectivity index is 2.39. The number of hydrogen-bond acceptors (Lipinski definition) is 2. The van der Waals surface area contributed by atoms with Crippen molar-refractivity contribution in [3.8, 4) is 0 Å². The lowest BCUT2D eigenvalue weighted by molar-refractivity contribution is 0.486. The summed E-state index contributed by atoms with van der Waals surface area (Å²) in [5.41, 5.74) is 1.03. The summed E-state index contributed by atoms with van der Waals surface area (Å²) in [6.07, 6.45) is 14.7. The molecule has 0 amide bonds. The van der Waals surface area contributed by atoms with Gasteiger partial charge in [0.1, 0.15) is 11.2 Å². The number of hydrogen-bond donors (Lipinski definition) is 0. The second-order valence-electron chi connectivity index (χ2n) is 4.94. The highest BCUT2D eigenvalue weighted by molar-refractivity contribution is 7.98. The SMILES string of the molecule is C=CCC1(C)C=CC=c2oc(CCSC)cc2=C1. The van der Waals surface area contributed by atoms with Gasteiger partial charge < -0.3 is 4.42 Å². The molecule has 96 valence electrons. The van der Waals surface area contributed by atoms with Gasteiger partial charge in [-0.1, -0.05) is 31.2 Å². The summed E-state index contributed by atoms with van der Waals surface area (Å²) >= 11 is 1.85. The smallest absolute Gasteiger partial charge is 0.133 e. The van der Waals surface area contributed by atoms with Crippen molar-refractivity contribution in [1.82, 2.24) is 0 Å². The van der Waals surface area contributed by atoms with Crippen molar-refractivity contribution >= 4 is 23.9 Å². The quantitative estimate of drug-likeness (QED) is 0.755. The Labute approximate surface area is 113 Å². The highest BCUT2D eigenvalue weighted by atomic mass is 32.2. The summed E-state index contributed by atoms with van der Waals surface area (Å²) in [5.74, 6) is 2.18. The van der Waals surface area contributed by atoms with Crippen LogP contribution < -0.4 is 10.6 Å². The zero-order valence-electron chi connectivity index (χ0n) is 11.1. The molecule has 1 aliphatic rings. The fourth-order valence-electron chi connectivity index (χ4n) is 2.24. The lowest BCUT2D eigenvalue weighted by Crippen LogP contribution is -2.22. The molecule has 1 heterocycles. The predicted octanol–water partition coefficient (Wildman–Crippen LogP) is 2.90. The third-order valence-corrected chi connectivity index (χ3v) is 3.80. The van der Waals surface area contributed by atoms with Crippen molar-refractivity contribution in [1.29, 1.82) is 0 Å². The van der Waals surface area contributed by atoms with Crippen LogP contribution >= 0.6 is 11.8 Å². The van der Waals surface area contributed by atoms with E-state index >= 15 is 0 Å². The van der Waals surface area contributed by atoms with Gasteiger partial charge in [-0.05, 0) is 24.8 Å². The second-order valence-corrected chi connectivity index (χ2v) is 5.93. The summed E-state index contributed by atoms with van der Waals surface area (Å²) < 4.78 is 5.88. The maximum absolute atomic E-state index is 5.88. The van der Waals surface area contributed by atoms with Gasteiger partial charge in [-0.15, -0.1) is 6.58 Å². The molecule has 1 aliphatic carbocycles. The molecule has 1 nitrogen and oxygen atoms in total. The van der Waals surface area contributed by atoms with E-state index in [0.29, 0.717) is 0 Å². The zero-order valence-corrected chi connectivity index (χ0v) is 11.9. The molecule has 0 saturated heterocycles. The summed E-state index contributed by atoms with van der Waals surface area (Å²) in [5, 5.41) is 1.21. The van der Waals surface area contributed by atoms with E-state index in [1.54, 1.807) is 0 Å². The Morgan fingerprint density at radius 3 is 3.06 bits per heavy atom. The van der Waals surface area contributed by atoms with Crippen LogP contribution in [-0.4, -0.2) is 12.0 Å². The zero-order chi connectivity index (χ0) is 13.0. The molecule has 1 atom stereocenters. The molecule has 0 bridgehead atoms. The van der Waals surface area contributed by atoms with E-state index in [1.807, 2.05) is 17.8 Å². The van der Waals surface area contributed by atoms with Gasteiger partial charge in [0, 0.05) is 22.8 Å². The topological polar surface area (TPSA) is 13.1 Å². The fraction of sp³-hybridized carbons (Fsp3) is 0.375. The van der Waals surface area contributed by atoms with E-state index in [4.69, 9.17) is 4.42 Å². The van der Waals surface area contributed by atoms with E-state index in [0.717, 1.165) is 29.8 Å². The molecule has 0 radical (unpaired) electrons. The molecular weight excluding hydrogens is 240 g/mol. The molecule has 0 aromatic carbocycles. The number of furan rings is 1. The Bertz CT molecular complexity index is 564. The molecule has 18 heavy (non-hydrogen) atoms. The Morgan fingerprint density at radius 2 is 2.33 bits per heavy atom. The average Bonchev–Trinajstić information content (AvgIpc) is 2.62. The van der Waals surface area contributed by atoms with Gasteiger partial charge in [0.2, 0.25) is 0 Å². The number of aryl methyl sites for hydroxylation is 1. The van der Waals surface area contributed by atoms with Crippen molar-refractivity contribution in [2.75, 3.05) is 12.0 Å². The lowest BCUT2D eigenvalue weighted by atomic mass is 9.86. The van der Waals surface area contributed by atoms with E-state index in [1.165, 1.54) is 5.22 Å². The fourth-order valence-corrected chi connectivity index (χ4v) is 2.65. The van der Waals surface area contributed by atoms with Crippen molar-refractivity contribution in [3.05, 3.63) is 47.3 Å². The molecule has 0 saturated carbocycles. The first-order chi connectivity index (χ1) is 8.67. The van der Waals surface area contributed by atoms with Crippen molar-refractivity contribution < 1.29 is 4.42 Å². The van der Waals surface area contributed by atoms with Gasteiger partial charge in [0.15, 0.2) is 0 Å². The molecule has 1 unspecified atom stereocenters. The van der Waals surface area contributed by atoms with Crippen LogP contribution in [0.3, 0.4) is 0 Å². The maximum atomic E-state index is 5.88. The van der Waals surface area contributed by atoms with Gasteiger partial charge >= 0.3 is 0 Å². The number of rotatable bonds is 5. The van der Waals surface area contributed by atoms with Crippen LogP contribution in [0.4, 0.5) is 0 Å². The van der Waals surface area contributed by atoms with Crippen molar-refractivity contribution in [2.45, 2.75) is 19.8 Å². The normalized spacial score (nSPS) is 21.7. The molecule has 0 aliphatic heterocycles. The van der Waals surface area contributed by atoms with Gasteiger partial charge in [-0.2, -0.15) is 11.8 Å².